The fourth-order valence-electron chi connectivity index (χ4n) is 0.973. The van der Waals surface area contributed by atoms with Crippen molar-refractivity contribution in [2.45, 2.75) is 0 Å². The van der Waals surface area contributed by atoms with Crippen molar-refractivity contribution in [3.8, 4) is 11.8 Å². The van der Waals surface area contributed by atoms with Crippen LogP contribution in [0.15, 0.2) is 30.3 Å². The van der Waals surface area contributed by atoms with Gasteiger partial charge >= 0.3 is 5.97 Å². The highest BCUT2D eigenvalue weighted by molar-refractivity contribution is 5.76. The lowest BCUT2D eigenvalue weighted by Crippen LogP contribution is -2.07. The van der Waals surface area contributed by atoms with Crippen LogP contribution in [-0.4, -0.2) is 16.2 Å². The number of carboxylic acid groups (broad SMARTS) is 1. The fraction of sp³-hybridized carbons (Fsp3) is 0.0909. The summed E-state index contributed by atoms with van der Waals surface area (Å²) in [5, 5.41) is 26.1. The fourth-order valence-corrected chi connectivity index (χ4v) is 0.973. The number of benzene rings is 1. The van der Waals surface area contributed by atoms with Gasteiger partial charge in [-0.05, 0) is 17.7 Å². The first kappa shape index (κ1) is 10.8. The molecule has 76 valence electrons. The van der Waals surface area contributed by atoms with E-state index in [4.69, 9.17) is 15.5 Å². The Morgan fingerprint density at radius 2 is 2.00 bits per heavy atom. The maximum atomic E-state index is 10.5. The van der Waals surface area contributed by atoms with Crippen LogP contribution in [0, 0.1) is 17.2 Å². The van der Waals surface area contributed by atoms with Crippen molar-refractivity contribution in [3.05, 3.63) is 35.9 Å². The standard InChI is InChI=1S/C11H9NO3/c12-7-9(11(14)15)4-1-8-2-5-10(13)6-3-8/h1-6,9,13H,(H,14,15). The van der Waals surface area contributed by atoms with Gasteiger partial charge < -0.3 is 10.2 Å². The van der Waals surface area contributed by atoms with Crippen LogP contribution in [-0.2, 0) is 4.79 Å². The minimum Gasteiger partial charge on any atom is -0.508 e. The molecule has 1 unspecified atom stereocenters. The Kier molecular flexibility index (Phi) is 3.47. The summed E-state index contributed by atoms with van der Waals surface area (Å²) in [4.78, 5) is 10.5. The van der Waals surface area contributed by atoms with Gasteiger partial charge in [0, 0.05) is 0 Å². The Bertz CT molecular complexity index is 414. The smallest absolute Gasteiger partial charge is 0.324 e. The topological polar surface area (TPSA) is 81.3 Å². The van der Waals surface area contributed by atoms with E-state index < -0.39 is 11.9 Å². The van der Waals surface area contributed by atoms with Crippen LogP contribution in [0.1, 0.15) is 5.56 Å². The summed E-state index contributed by atoms with van der Waals surface area (Å²) in [6.07, 6.45) is 2.83. The largest absolute Gasteiger partial charge is 0.508 e. The van der Waals surface area contributed by atoms with E-state index in [1.807, 2.05) is 0 Å². The van der Waals surface area contributed by atoms with Gasteiger partial charge in [-0.2, -0.15) is 5.26 Å². The van der Waals surface area contributed by atoms with Crippen LogP contribution >= 0.6 is 0 Å². The molecule has 1 aromatic carbocycles. The van der Waals surface area contributed by atoms with E-state index in [0.717, 1.165) is 5.56 Å². The molecule has 0 aliphatic rings. The predicted molar refractivity (Wildman–Crippen MR) is 53.9 cm³/mol. The van der Waals surface area contributed by atoms with E-state index >= 15 is 0 Å². The zero-order valence-electron chi connectivity index (χ0n) is 7.79. The minimum absolute atomic E-state index is 0.141. The highest BCUT2D eigenvalue weighted by atomic mass is 16.4. The molecular weight excluding hydrogens is 194 g/mol. The second-order valence-electron chi connectivity index (χ2n) is 2.90. The molecule has 0 aliphatic heterocycles. The third kappa shape index (κ3) is 3.16. The second kappa shape index (κ2) is 4.82. The molecule has 1 aromatic rings. The van der Waals surface area contributed by atoms with Gasteiger partial charge in [0.05, 0.1) is 6.07 Å². The molecule has 0 bridgehead atoms. The van der Waals surface area contributed by atoms with Crippen molar-refractivity contribution in [1.29, 1.82) is 5.26 Å². The molecule has 15 heavy (non-hydrogen) atoms. The zero-order chi connectivity index (χ0) is 11.3. The van der Waals surface area contributed by atoms with Crippen molar-refractivity contribution in [2.75, 3.05) is 0 Å². The number of aliphatic carboxylic acids is 1. The molecule has 0 spiro atoms. The van der Waals surface area contributed by atoms with Crippen LogP contribution in [0.2, 0.25) is 0 Å². The molecule has 0 fully saturated rings. The SMILES string of the molecule is N#CC(C=Cc1ccc(O)cc1)C(=O)O. The van der Waals surface area contributed by atoms with Gasteiger partial charge in [0.15, 0.2) is 5.92 Å². The maximum absolute atomic E-state index is 10.5. The molecule has 0 aliphatic carbocycles. The van der Waals surface area contributed by atoms with Crippen molar-refractivity contribution >= 4 is 12.0 Å². The number of phenols is 1. The normalized spacial score (nSPS) is 12.2. The van der Waals surface area contributed by atoms with Crippen molar-refractivity contribution in [1.82, 2.24) is 0 Å². The molecule has 4 heteroatoms. The van der Waals surface area contributed by atoms with E-state index in [0.29, 0.717) is 0 Å². The van der Waals surface area contributed by atoms with Gasteiger partial charge in [-0.1, -0.05) is 24.3 Å². The Labute approximate surface area is 86.7 Å². The number of nitrogens with zero attached hydrogens (tertiary/aromatic N) is 1. The molecule has 0 heterocycles. The molecule has 1 rings (SSSR count). The number of rotatable bonds is 3. The van der Waals surface area contributed by atoms with Crippen LogP contribution < -0.4 is 0 Å². The van der Waals surface area contributed by atoms with E-state index in [1.54, 1.807) is 18.2 Å². The highest BCUT2D eigenvalue weighted by Gasteiger charge is 2.11. The minimum atomic E-state index is -1.17. The average molecular weight is 203 g/mol. The molecule has 0 radical (unpaired) electrons. The lowest BCUT2D eigenvalue weighted by atomic mass is 10.1. The number of hydrogen-bond acceptors (Lipinski definition) is 3. The highest BCUT2D eigenvalue weighted by Crippen LogP contribution is 2.11. The summed E-state index contributed by atoms with van der Waals surface area (Å²) in [5.41, 5.74) is 0.731. The average Bonchev–Trinajstić information content (AvgIpc) is 2.21. The van der Waals surface area contributed by atoms with Gasteiger partial charge in [0.25, 0.3) is 0 Å². The third-order valence-corrected chi connectivity index (χ3v) is 1.78. The summed E-state index contributed by atoms with van der Waals surface area (Å²) in [7, 11) is 0. The predicted octanol–water partition coefficient (Wildman–Crippen LogP) is 1.63. The van der Waals surface area contributed by atoms with E-state index in [9.17, 15) is 4.79 Å². The first-order valence-electron chi connectivity index (χ1n) is 4.23. The molecule has 0 saturated heterocycles. The summed E-state index contributed by atoms with van der Waals surface area (Å²) in [5.74, 6) is -2.17. The first-order valence-corrected chi connectivity index (χ1v) is 4.23. The number of nitriles is 1. The second-order valence-corrected chi connectivity index (χ2v) is 2.90. The van der Waals surface area contributed by atoms with Gasteiger partial charge in [-0.3, -0.25) is 4.79 Å². The quantitative estimate of drug-likeness (QED) is 0.782. The lowest BCUT2D eigenvalue weighted by molar-refractivity contribution is -0.138. The van der Waals surface area contributed by atoms with Crippen molar-refractivity contribution in [2.24, 2.45) is 5.92 Å². The van der Waals surface area contributed by atoms with Crippen molar-refractivity contribution in [3.63, 3.8) is 0 Å². The van der Waals surface area contributed by atoms with Gasteiger partial charge in [-0.25, -0.2) is 0 Å². The number of carbonyl (C=O) groups is 1. The number of aromatic hydroxyl groups is 1. The maximum Gasteiger partial charge on any atom is 0.324 e. The Morgan fingerprint density at radius 1 is 1.40 bits per heavy atom. The Morgan fingerprint density at radius 3 is 2.47 bits per heavy atom. The van der Waals surface area contributed by atoms with E-state index in [2.05, 4.69) is 0 Å². The monoisotopic (exact) mass is 203 g/mol. The number of carboxylic acids is 1. The zero-order valence-corrected chi connectivity index (χ0v) is 7.79. The molecule has 4 nitrogen and oxygen atoms in total. The summed E-state index contributed by atoms with van der Waals surface area (Å²) >= 11 is 0. The molecule has 0 saturated carbocycles. The molecule has 0 aromatic heterocycles. The summed E-state index contributed by atoms with van der Waals surface area (Å²) in [6.45, 7) is 0. The van der Waals surface area contributed by atoms with E-state index in [1.165, 1.54) is 24.3 Å². The van der Waals surface area contributed by atoms with E-state index in [-0.39, 0.29) is 5.75 Å². The number of hydrogen-bond donors (Lipinski definition) is 2. The van der Waals surface area contributed by atoms with Crippen molar-refractivity contribution < 1.29 is 15.0 Å². The van der Waals surface area contributed by atoms with Crippen LogP contribution in [0.3, 0.4) is 0 Å². The van der Waals surface area contributed by atoms with Gasteiger partial charge in [0.2, 0.25) is 0 Å². The van der Waals surface area contributed by atoms with Crippen LogP contribution in [0.5, 0.6) is 5.75 Å². The molecule has 1 atom stereocenters. The Hall–Kier alpha value is -2.28. The first-order chi connectivity index (χ1) is 7.13. The summed E-state index contributed by atoms with van der Waals surface area (Å²) < 4.78 is 0. The number of phenolic OH excluding ortho intramolecular Hbond substituents is 1. The van der Waals surface area contributed by atoms with Gasteiger partial charge in [0.1, 0.15) is 5.75 Å². The molecule has 2 N–H and O–H groups in total. The third-order valence-electron chi connectivity index (χ3n) is 1.78. The van der Waals surface area contributed by atoms with Crippen LogP contribution in [0.4, 0.5) is 0 Å². The Balaban J connectivity index is 2.77. The van der Waals surface area contributed by atoms with Gasteiger partial charge in [-0.15, -0.1) is 0 Å². The lowest BCUT2D eigenvalue weighted by Gasteiger charge is -1.96. The van der Waals surface area contributed by atoms with Crippen LogP contribution in [0.25, 0.3) is 6.08 Å². The summed E-state index contributed by atoms with van der Waals surface area (Å²) in [6, 6.07) is 7.88. The molecular formula is C11H9NO3. The molecule has 0 amide bonds.